The second-order valence-corrected chi connectivity index (χ2v) is 11.5. The molecule has 5 atom stereocenters. The molecular formula is C35H54O5. The lowest BCUT2D eigenvalue weighted by molar-refractivity contribution is 0.0415. The normalized spacial score (nSPS) is 17.9. The summed E-state index contributed by atoms with van der Waals surface area (Å²) in [5.74, 6) is -0.0401. The van der Waals surface area contributed by atoms with Crippen molar-refractivity contribution in [3.63, 3.8) is 0 Å². The highest BCUT2D eigenvalue weighted by Crippen LogP contribution is 2.24. The van der Waals surface area contributed by atoms with Gasteiger partial charge in [0.25, 0.3) is 0 Å². The van der Waals surface area contributed by atoms with Crippen LogP contribution in [0.25, 0.3) is 0 Å². The molecule has 0 aromatic carbocycles. The molecule has 0 spiro atoms. The fourth-order valence-corrected chi connectivity index (χ4v) is 4.70. The van der Waals surface area contributed by atoms with Crippen LogP contribution in [-0.2, 0) is 6.42 Å². The Balaban J connectivity index is 2.70. The van der Waals surface area contributed by atoms with E-state index in [4.69, 9.17) is 4.42 Å². The monoisotopic (exact) mass is 554 g/mol. The molecule has 224 valence electrons. The molecule has 0 fully saturated rings. The minimum absolute atomic E-state index is 0.233. The largest absolute Gasteiger partial charge is 0.427 e. The molecule has 40 heavy (non-hydrogen) atoms. The minimum atomic E-state index is -0.728. The number of allylic oxidation sites excluding steroid dienone is 7. The van der Waals surface area contributed by atoms with Crippen LogP contribution in [0.3, 0.4) is 0 Å². The Kier molecular flexibility index (Phi) is 16.1. The smallest absolute Gasteiger partial charge is 0.339 e. The van der Waals surface area contributed by atoms with Gasteiger partial charge >= 0.3 is 5.63 Å². The average Bonchev–Trinajstić information content (AvgIpc) is 2.92. The molecule has 5 nitrogen and oxygen atoms in total. The predicted molar refractivity (Wildman–Crippen MR) is 167 cm³/mol. The van der Waals surface area contributed by atoms with Crippen LogP contribution in [0, 0.1) is 5.92 Å². The molecule has 0 saturated heterocycles. The van der Waals surface area contributed by atoms with Crippen molar-refractivity contribution in [3.05, 3.63) is 92.1 Å². The lowest BCUT2D eigenvalue weighted by Crippen LogP contribution is -2.29. The Labute approximate surface area is 242 Å². The van der Waals surface area contributed by atoms with E-state index in [1.165, 1.54) is 11.1 Å². The third-order valence-electron chi connectivity index (χ3n) is 7.76. The van der Waals surface area contributed by atoms with Gasteiger partial charge in [-0.3, -0.25) is 0 Å². The van der Waals surface area contributed by atoms with Gasteiger partial charge in [0.05, 0.1) is 18.3 Å². The van der Waals surface area contributed by atoms with E-state index < -0.39 is 18.3 Å². The highest BCUT2D eigenvalue weighted by atomic mass is 16.4. The summed E-state index contributed by atoms with van der Waals surface area (Å²) in [6.45, 7) is 17.8. The lowest BCUT2D eigenvalue weighted by atomic mass is 9.91. The summed E-state index contributed by atoms with van der Waals surface area (Å²) >= 11 is 0. The molecule has 3 N–H and O–H groups in total. The van der Waals surface area contributed by atoms with Gasteiger partial charge in [-0.05, 0) is 96.9 Å². The summed E-state index contributed by atoms with van der Waals surface area (Å²) in [4.78, 5) is 12.3. The van der Waals surface area contributed by atoms with Crippen molar-refractivity contribution in [3.8, 4) is 0 Å². The maximum Gasteiger partial charge on any atom is 0.339 e. The van der Waals surface area contributed by atoms with E-state index in [1.807, 2.05) is 71.9 Å². The summed E-state index contributed by atoms with van der Waals surface area (Å²) in [6.07, 6.45) is 13.0. The molecule has 1 aromatic heterocycles. The average molecular weight is 555 g/mol. The molecule has 0 bridgehead atoms. The van der Waals surface area contributed by atoms with Crippen molar-refractivity contribution in [2.75, 3.05) is 0 Å². The van der Waals surface area contributed by atoms with Crippen LogP contribution in [-0.4, -0.2) is 33.6 Å². The zero-order chi connectivity index (χ0) is 30.4. The van der Waals surface area contributed by atoms with Crippen LogP contribution in [0.4, 0.5) is 0 Å². The van der Waals surface area contributed by atoms with E-state index in [2.05, 4.69) is 32.9 Å². The van der Waals surface area contributed by atoms with Crippen LogP contribution in [0.2, 0.25) is 0 Å². The van der Waals surface area contributed by atoms with Crippen molar-refractivity contribution in [1.82, 2.24) is 0 Å². The van der Waals surface area contributed by atoms with Crippen molar-refractivity contribution in [2.45, 2.75) is 125 Å². The predicted octanol–water partition coefficient (Wildman–Crippen LogP) is 7.73. The van der Waals surface area contributed by atoms with E-state index in [0.29, 0.717) is 24.2 Å². The van der Waals surface area contributed by atoms with Gasteiger partial charge < -0.3 is 19.7 Å². The van der Waals surface area contributed by atoms with Gasteiger partial charge in [0.15, 0.2) is 0 Å². The van der Waals surface area contributed by atoms with Crippen molar-refractivity contribution in [2.24, 2.45) is 5.92 Å². The van der Waals surface area contributed by atoms with Crippen molar-refractivity contribution < 1.29 is 19.7 Å². The van der Waals surface area contributed by atoms with Crippen LogP contribution in [0.1, 0.15) is 112 Å². The zero-order valence-electron chi connectivity index (χ0n) is 26.3. The molecule has 0 aliphatic heterocycles. The van der Waals surface area contributed by atoms with Gasteiger partial charge in [-0.25, -0.2) is 4.79 Å². The topological polar surface area (TPSA) is 90.9 Å². The Bertz CT molecular complexity index is 1130. The van der Waals surface area contributed by atoms with Crippen LogP contribution < -0.4 is 5.63 Å². The van der Waals surface area contributed by atoms with Crippen molar-refractivity contribution >= 4 is 0 Å². The Morgan fingerprint density at radius 2 is 1.60 bits per heavy atom. The zero-order valence-corrected chi connectivity index (χ0v) is 26.3. The number of hydrogen-bond acceptors (Lipinski definition) is 5. The van der Waals surface area contributed by atoms with Gasteiger partial charge in [0.2, 0.25) is 0 Å². The molecule has 0 aliphatic rings. The van der Waals surface area contributed by atoms with Gasteiger partial charge in [-0.2, -0.15) is 0 Å². The fourth-order valence-electron chi connectivity index (χ4n) is 4.70. The molecule has 5 unspecified atom stereocenters. The quantitative estimate of drug-likeness (QED) is 0.144. The van der Waals surface area contributed by atoms with E-state index in [9.17, 15) is 20.1 Å². The molecular weight excluding hydrogens is 500 g/mol. The summed E-state index contributed by atoms with van der Waals surface area (Å²) in [5, 5.41) is 31.7. The number of hydrogen-bond donors (Lipinski definition) is 3. The number of aliphatic hydroxyl groups excluding tert-OH is 3. The highest BCUT2D eigenvalue weighted by molar-refractivity contribution is 5.25. The lowest BCUT2D eigenvalue weighted by Gasteiger charge is -2.24. The summed E-state index contributed by atoms with van der Waals surface area (Å²) in [6, 6.07) is 3.65. The molecule has 5 heteroatoms. The standard InChI is InChI=1S/C35H54O5/c1-10-12-16-30-18-20-32(40-35(30)39)29(9)34(38)27(7)15-13-14-23(3)21-25(5)22-24(4)17-19-31(36)28(8)33(37)26(6)11-2/h11,14-15,17-18,20,22,28-29,31,33-34,36-38H,10,12-13,16,19,21H2,1-9H3/b23-14+,24-17+,25-22+,26-11+,27-15+. The first-order valence-electron chi connectivity index (χ1n) is 14.8. The highest BCUT2D eigenvalue weighted by Gasteiger charge is 2.23. The van der Waals surface area contributed by atoms with E-state index >= 15 is 0 Å². The first-order valence-corrected chi connectivity index (χ1v) is 14.8. The van der Waals surface area contributed by atoms with Crippen LogP contribution >= 0.6 is 0 Å². The fraction of sp³-hybridized carbons (Fsp3) is 0.571. The SMILES string of the molecule is C/C=C(\C)C(O)C(C)C(O)C/C=C(C)/C=C(\C)C/C(C)=C/C/C=C(\C)C(O)C(C)c1ccc(CCCC)c(=O)o1. The summed E-state index contributed by atoms with van der Waals surface area (Å²) in [5.41, 5.74) is 5.66. The van der Waals surface area contributed by atoms with E-state index in [0.717, 1.165) is 42.4 Å². The third-order valence-corrected chi connectivity index (χ3v) is 7.76. The van der Waals surface area contributed by atoms with Gasteiger partial charge in [0, 0.05) is 17.4 Å². The van der Waals surface area contributed by atoms with Gasteiger partial charge in [-0.15, -0.1) is 0 Å². The number of aliphatic hydroxyl groups is 3. The molecule has 0 aliphatic carbocycles. The third kappa shape index (κ3) is 12.0. The Morgan fingerprint density at radius 3 is 2.20 bits per heavy atom. The molecule has 1 rings (SSSR count). The minimum Gasteiger partial charge on any atom is -0.427 e. The first kappa shape index (κ1) is 35.6. The second-order valence-electron chi connectivity index (χ2n) is 11.5. The summed E-state index contributed by atoms with van der Waals surface area (Å²) < 4.78 is 5.53. The maximum absolute atomic E-state index is 12.3. The molecule has 0 amide bonds. The van der Waals surface area contributed by atoms with Gasteiger partial charge in [0.1, 0.15) is 5.76 Å². The summed E-state index contributed by atoms with van der Waals surface area (Å²) in [7, 11) is 0. The number of unbranched alkanes of at least 4 members (excludes halogenated alkanes) is 1. The molecule has 1 aromatic rings. The van der Waals surface area contributed by atoms with Gasteiger partial charge in [-0.1, -0.05) is 74.3 Å². The molecule has 1 heterocycles. The van der Waals surface area contributed by atoms with E-state index in [-0.39, 0.29) is 17.5 Å². The van der Waals surface area contributed by atoms with Crippen molar-refractivity contribution in [1.29, 1.82) is 0 Å². The number of rotatable bonds is 16. The molecule has 0 radical (unpaired) electrons. The van der Waals surface area contributed by atoms with Crippen LogP contribution in [0.15, 0.2) is 79.6 Å². The second kappa shape index (κ2) is 18.1. The molecule has 0 saturated carbocycles. The first-order chi connectivity index (χ1) is 18.8. The maximum atomic E-state index is 12.3. The number of aryl methyl sites for hydroxylation is 1. The van der Waals surface area contributed by atoms with E-state index in [1.54, 1.807) is 0 Å². The van der Waals surface area contributed by atoms with Crippen LogP contribution in [0.5, 0.6) is 0 Å². The Hall–Kier alpha value is -2.47. The Morgan fingerprint density at radius 1 is 0.925 bits per heavy atom.